The highest BCUT2D eigenvalue weighted by molar-refractivity contribution is 7.13. The summed E-state index contributed by atoms with van der Waals surface area (Å²) in [7, 11) is 0. The van der Waals surface area contributed by atoms with Gasteiger partial charge in [0, 0.05) is 5.38 Å². The third-order valence-electron chi connectivity index (χ3n) is 2.64. The Balaban J connectivity index is 1.67. The van der Waals surface area contributed by atoms with Crippen molar-refractivity contribution in [1.29, 1.82) is 0 Å². The molecule has 112 valence electrons. The van der Waals surface area contributed by atoms with E-state index in [2.05, 4.69) is 9.97 Å². The molecule has 0 spiro atoms. The zero-order chi connectivity index (χ0) is 15.5. The number of thiazole rings is 1. The fraction of sp³-hybridized carbons (Fsp3) is 0.0714. The third-order valence-corrected chi connectivity index (χ3v) is 4.06. The number of halogens is 2. The van der Waals surface area contributed by atoms with Crippen LogP contribution in [0.2, 0.25) is 10.2 Å². The molecule has 8 heteroatoms. The van der Waals surface area contributed by atoms with Crippen LogP contribution in [-0.4, -0.2) is 15.9 Å². The molecule has 0 aliphatic rings. The summed E-state index contributed by atoms with van der Waals surface area (Å²) < 4.78 is 10.4. The molecule has 0 aliphatic heterocycles. The molecular formula is C14H8Cl2N2O3S. The molecule has 0 fully saturated rings. The van der Waals surface area contributed by atoms with E-state index in [0.717, 1.165) is 5.01 Å². The first-order valence-electron chi connectivity index (χ1n) is 6.11. The number of ether oxygens (including phenoxy) is 1. The highest BCUT2D eigenvalue weighted by atomic mass is 35.5. The fourth-order valence-corrected chi connectivity index (χ4v) is 2.76. The van der Waals surface area contributed by atoms with Crippen molar-refractivity contribution in [2.75, 3.05) is 0 Å². The molecule has 3 rings (SSSR count). The van der Waals surface area contributed by atoms with Crippen molar-refractivity contribution < 1.29 is 13.9 Å². The predicted molar refractivity (Wildman–Crippen MR) is 83.2 cm³/mol. The first-order chi connectivity index (χ1) is 10.6. The third kappa shape index (κ3) is 3.30. The molecular weight excluding hydrogens is 347 g/mol. The number of pyridine rings is 1. The number of hydrogen-bond donors (Lipinski definition) is 0. The molecule has 0 saturated heterocycles. The summed E-state index contributed by atoms with van der Waals surface area (Å²) in [6.45, 7) is 0.0144. The lowest BCUT2D eigenvalue weighted by Crippen LogP contribution is -2.08. The zero-order valence-corrected chi connectivity index (χ0v) is 13.3. The summed E-state index contributed by atoms with van der Waals surface area (Å²) >= 11 is 13.0. The van der Waals surface area contributed by atoms with E-state index in [0.29, 0.717) is 11.5 Å². The van der Waals surface area contributed by atoms with Gasteiger partial charge < -0.3 is 9.15 Å². The lowest BCUT2D eigenvalue weighted by atomic mass is 10.3. The van der Waals surface area contributed by atoms with Gasteiger partial charge in [-0.15, -0.1) is 11.3 Å². The normalized spacial score (nSPS) is 10.6. The molecule has 0 N–H and O–H groups in total. The minimum absolute atomic E-state index is 0.0144. The van der Waals surface area contributed by atoms with Gasteiger partial charge in [-0.05, 0) is 24.3 Å². The van der Waals surface area contributed by atoms with Gasteiger partial charge in [0.25, 0.3) is 0 Å². The minimum atomic E-state index is -0.653. The lowest BCUT2D eigenvalue weighted by molar-refractivity contribution is 0.0462. The Labute approximate surface area is 139 Å². The van der Waals surface area contributed by atoms with E-state index in [-0.39, 0.29) is 22.5 Å². The standard InChI is InChI=1S/C14H8Cl2N2O3S/c15-9-3-4-11(16)18-12(9)14(19)21-6-8-7-22-13(17-8)10-2-1-5-20-10/h1-5,7H,6H2. The molecule has 0 amide bonds. The molecule has 0 saturated carbocycles. The van der Waals surface area contributed by atoms with Crippen LogP contribution in [0.4, 0.5) is 0 Å². The van der Waals surface area contributed by atoms with Crippen LogP contribution in [0, 0.1) is 0 Å². The van der Waals surface area contributed by atoms with Crippen molar-refractivity contribution in [3.05, 3.63) is 57.5 Å². The highest BCUT2D eigenvalue weighted by Gasteiger charge is 2.16. The van der Waals surface area contributed by atoms with Gasteiger partial charge in [-0.2, -0.15) is 0 Å². The maximum Gasteiger partial charge on any atom is 0.358 e. The Morgan fingerprint density at radius 2 is 2.14 bits per heavy atom. The van der Waals surface area contributed by atoms with Crippen LogP contribution < -0.4 is 0 Å². The first-order valence-corrected chi connectivity index (χ1v) is 7.74. The number of carbonyl (C=O) groups is 1. The second kappa shape index (κ2) is 6.48. The average Bonchev–Trinajstić information content (AvgIpc) is 3.17. The van der Waals surface area contributed by atoms with Crippen molar-refractivity contribution in [2.45, 2.75) is 6.61 Å². The second-order valence-corrected chi connectivity index (χ2v) is 5.81. The van der Waals surface area contributed by atoms with Gasteiger partial charge in [0.1, 0.15) is 11.8 Å². The summed E-state index contributed by atoms with van der Waals surface area (Å²) in [6, 6.07) is 6.58. The quantitative estimate of drug-likeness (QED) is 0.511. The summed E-state index contributed by atoms with van der Waals surface area (Å²) in [5, 5.41) is 2.86. The van der Waals surface area contributed by atoms with Crippen LogP contribution >= 0.6 is 34.5 Å². The molecule has 22 heavy (non-hydrogen) atoms. The topological polar surface area (TPSA) is 65.2 Å². The van der Waals surface area contributed by atoms with Gasteiger partial charge >= 0.3 is 5.97 Å². The van der Waals surface area contributed by atoms with E-state index in [1.54, 1.807) is 17.7 Å². The van der Waals surface area contributed by atoms with E-state index in [1.165, 1.54) is 23.5 Å². The summed E-state index contributed by atoms with van der Waals surface area (Å²) in [5.74, 6) is 0.0159. The Kier molecular flexibility index (Phi) is 4.42. The molecule has 0 bridgehead atoms. The molecule has 0 unspecified atom stereocenters. The SMILES string of the molecule is O=C(OCc1csc(-c2ccco2)n1)c1nc(Cl)ccc1Cl. The number of carbonyl (C=O) groups excluding carboxylic acids is 1. The van der Waals surface area contributed by atoms with Gasteiger partial charge in [0.15, 0.2) is 16.5 Å². The number of aromatic nitrogens is 2. The van der Waals surface area contributed by atoms with Crippen molar-refractivity contribution in [2.24, 2.45) is 0 Å². The summed E-state index contributed by atoms with van der Waals surface area (Å²) in [5.41, 5.74) is 0.596. The molecule has 3 aromatic heterocycles. The van der Waals surface area contributed by atoms with Crippen LogP contribution in [0.15, 0.2) is 40.3 Å². The van der Waals surface area contributed by atoms with E-state index < -0.39 is 5.97 Å². The predicted octanol–water partition coefficient (Wildman–Crippen LogP) is 4.46. The van der Waals surface area contributed by atoms with Crippen LogP contribution in [0.25, 0.3) is 10.8 Å². The van der Waals surface area contributed by atoms with Gasteiger partial charge in [-0.1, -0.05) is 23.2 Å². The van der Waals surface area contributed by atoms with Crippen molar-refractivity contribution in [1.82, 2.24) is 9.97 Å². The van der Waals surface area contributed by atoms with Crippen LogP contribution in [-0.2, 0) is 11.3 Å². The number of furan rings is 1. The second-order valence-electron chi connectivity index (χ2n) is 4.16. The lowest BCUT2D eigenvalue weighted by Gasteiger charge is -2.04. The summed E-state index contributed by atoms with van der Waals surface area (Å²) in [6.07, 6.45) is 1.57. The number of esters is 1. The zero-order valence-electron chi connectivity index (χ0n) is 11.0. The monoisotopic (exact) mass is 354 g/mol. The Morgan fingerprint density at radius 1 is 1.27 bits per heavy atom. The molecule has 5 nitrogen and oxygen atoms in total. The Bertz CT molecular complexity index is 802. The van der Waals surface area contributed by atoms with Crippen LogP contribution in [0.1, 0.15) is 16.2 Å². The van der Waals surface area contributed by atoms with Crippen molar-refractivity contribution in [3.8, 4) is 10.8 Å². The first kappa shape index (κ1) is 15.0. The fourth-order valence-electron chi connectivity index (χ4n) is 1.66. The molecule has 3 aromatic rings. The molecule has 0 radical (unpaired) electrons. The molecule has 0 aliphatic carbocycles. The van der Waals surface area contributed by atoms with E-state index in [4.69, 9.17) is 32.4 Å². The Hall–Kier alpha value is -1.89. The number of nitrogens with zero attached hydrogens (tertiary/aromatic N) is 2. The largest absolute Gasteiger partial charge is 0.462 e. The summed E-state index contributed by atoms with van der Waals surface area (Å²) in [4.78, 5) is 20.1. The van der Waals surface area contributed by atoms with E-state index in [9.17, 15) is 4.79 Å². The number of rotatable bonds is 4. The minimum Gasteiger partial charge on any atom is -0.462 e. The van der Waals surface area contributed by atoms with Gasteiger partial charge in [0.05, 0.1) is 17.0 Å². The maximum absolute atomic E-state index is 12.0. The van der Waals surface area contributed by atoms with Crippen LogP contribution in [0.5, 0.6) is 0 Å². The van der Waals surface area contributed by atoms with Crippen molar-refractivity contribution >= 4 is 40.5 Å². The average molecular weight is 355 g/mol. The smallest absolute Gasteiger partial charge is 0.358 e. The van der Waals surface area contributed by atoms with Crippen molar-refractivity contribution in [3.63, 3.8) is 0 Å². The molecule has 0 aromatic carbocycles. The molecule has 3 heterocycles. The maximum atomic E-state index is 12.0. The highest BCUT2D eigenvalue weighted by Crippen LogP contribution is 2.24. The van der Waals surface area contributed by atoms with E-state index in [1.807, 2.05) is 6.07 Å². The van der Waals surface area contributed by atoms with Gasteiger partial charge in [-0.3, -0.25) is 0 Å². The van der Waals surface area contributed by atoms with Gasteiger partial charge in [-0.25, -0.2) is 14.8 Å². The number of hydrogen-bond acceptors (Lipinski definition) is 6. The van der Waals surface area contributed by atoms with Crippen LogP contribution in [0.3, 0.4) is 0 Å². The van der Waals surface area contributed by atoms with Gasteiger partial charge in [0.2, 0.25) is 0 Å². The Morgan fingerprint density at radius 3 is 2.91 bits per heavy atom. The molecule has 0 atom stereocenters. The van der Waals surface area contributed by atoms with E-state index >= 15 is 0 Å².